The van der Waals surface area contributed by atoms with Crippen LogP contribution in [-0.4, -0.2) is 84.0 Å². The Morgan fingerprint density at radius 3 is 2.06 bits per heavy atom. The molecule has 0 aromatic heterocycles. The molecule has 2 aliphatic rings. The molecule has 0 bridgehead atoms. The molecule has 2 fully saturated rings. The van der Waals surface area contributed by atoms with E-state index >= 15 is 0 Å². The molecule has 6 heteroatoms. The maximum atomic E-state index is 11.3. The number of carboxylic acid groups (broad SMARTS) is 1. The average molecular weight is 255 g/mol. The molecular weight excluding hydrogens is 234 g/mol. The van der Waals surface area contributed by atoms with E-state index in [1.807, 2.05) is 0 Å². The molecule has 0 aliphatic carbocycles. The molecule has 2 rings (SSSR count). The number of carbonyl (C=O) groups is 2. The van der Waals surface area contributed by atoms with Gasteiger partial charge < -0.3 is 14.9 Å². The summed E-state index contributed by atoms with van der Waals surface area (Å²) in [5.41, 5.74) is 0. The van der Waals surface area contributed by atoms with E-state index in [4.69, 9.17) is 5.11 Å². The van der Waals surface area contributed by atoms with E-state index < -0.39 is 11.9 Å². The molecule has 2 saturated heterocycles. The third-order valence-corrected chi connectivity index (χ3v) is 3.99. The molecular formula is C12H21N3O3. The molecule has 18 heavy (non-hydrogen) atoms. The highest BCUT2D eigenvalue weighted by Crippen LogP contribution is 2.17. The highest BCUT2D eigenvalue weighted by molar-refractivity contribution is 6.31. The normalized spacial score (nSPS) is 24.2. The van der Waals surface area contributed by atoms with Crippen LogP contribution in [0.15, 0.2) is 0 Å². The lowest BCUT2D eigenvalue weighted by Gasteiger charge is -2.41. The summed E-state index contributed by atoms with van der Waals surface area (Å²) < 4.78 is 0. The fraction of sp³-hybridized carbons (Fsp3) is 0.833. The predicted molar refractivity (Wildman–Crippen MR) is 66.3 cm³/mol. The van der Waals surface area contributed by atoms with Crippen molar-refractivity contribution in [2.75, 3.05) is 46.3 Å². The van der Waals surface area contributed by atoms with Gasteiger partial charge in [-0.3, -0.25) is 9.69 Å². The first-order valence-electron chi connectivity index (χ1n) is 6.52. The van der Waals surface area contributed by atoms with E-state index in [-0.39, 0.29) is 0 Å². The zero-order chi connectivity index (χ0) is 13.1. The van der Waals surface area contributed by atoms with Crippen molar-refractivity contribution in [2.24, 2.45) is 0 Å². The van der Waals surface area contributed by atoms with Crippen molar-refractivity contribution in [1.82, 2.24) is 14.7 Å². The minimum atomic E-state index is -1.34. The molecule has 102 valence electrons. The smallest absolute Gasteiger partial charge is 0.394 e. The highest BCUT2D eigenvalue weighted by Gasteiger charge is 2.29. The van der Waals surface area contributed by atoms with Crippen LogP contribution < -0.4 is 0 Å². The van der Waals surface area contributed by atoms with Gasteiger partial charge in [-0.15, -0.1) is 0 Å². The fourth-order valence-electron chi connectivity index (χ4n) is 2.79. The third-order valence-electron chi connectivity index (χ3n) is 3.99. The number of aliphatic carboxylic acids is 1. The second-order valence-corrected chi connectivity index (χ2v) is 5.17. The second-order valence-electron chi connectivity index (χ2n) is 5.17. The Hall–Kier alpha value is -1.14. The van der Waals surface area contributed by atoms with Crippen molar-refractivity contribution in [3.8, 4) is 0 Å². The van der Waals surface area contributed by atoms with E-state index in [1.54, 1.807) is 0 Å². The largest absolute Gasteiger partial charge is 0.474 e. The molecule has 1 N–H and O–H groups in total. The van der Waals surface area contributed by atoms with Crippen LogP contribution in [0, 0.1) is 0 Å². The fourth-order valence-corrected chi connectivity index (χ4v) is 2.79. The van der Waals surface area contributed by atoms with Crippen LogP contribution in [-0.2, 0) is 9.59 Å². The van der Waals surface area contributed by atoms with Crippen molar-refractivity contribution in [1.29, 1.82) is 0 Å². The third kappa shape index (κ3) is 3.00. The number of nitrogens with zero attached hydrogens (tertiary/aromatic N) is 3. The number of carbonyl (C=O) groups excluding carboxylic acids is 1. The number of hydrogen-bond donors (Lipinski definition) is 1. The Kier molecular flexibility index (Phi) is 4.19. The van der Waals surface area contributed by atoms with Gasteiger partial charge in [-0.2, -0.15) is 0 Å². The highest BCUT2D eigenvalue weighted by atomic mass is 16.4. The van der Waals surface area contributed by atoms with Crippen LogP contribution in [0.25, 0.3) is 0 Å². The Bertz CT molecular complexity index is 319. The molecule has 0 radical (unpaired) electrons. The number of likely N-dealkylation sites (tertiary alicyclic amines) is 1. The first-order valence-corrected chi connectivity index (χ1v) is 6.52. The van der Waals surface area contributed by atoms with Crippen LogP contribution in [0.3, 0.4) is 0 Å². The quantitative estimate of drug-likeness (QED) is 0.628. The second kappa shape index (κ2) is 5.67. The Labute approximate surface area is 107 Å². The molecule has 0 saturated carbocycles. The molecule has 2 aliphatic heterocycles. The molecule has 1 amide bonds. The lowest BCUT2D eigenvalue weighted by Crippen LogP contribution is -2.55. The minimum Gasteiger partial charge on any atom is -0.474 e. The van der Waals surface area contributed by atoms with E-state index in [1.165, 1.54) is 17.7 Å². The monoisotopic (exact) mass is 255 g/mol. The van der Waals surface area contributed by atoms with Gasteiger partial charge in [-0.05, 0) is 33.0 Å². The van der Waals surface area contributed by atoms with Crippen LogP contribution in [0.2, 0.25) is 0 Å². The summed E-state index contributed by atoms with van der Waals surface area (Å²) in [4.78, 5) is 28.1. The molecule has 0 unspecified atom stereocenters. The van der Waals surface area contributed by atoms with Crippen LogP contribution in [0.1, 0.15) is 12.8 Å². The van der Waals surface area contributed by atoms with Crippen molar-refractivity contribution < 1.29 is 14.7 Å². The molecule has 0 spiro atoms. The van der Waals surface area contributed by atoms with Crippen LogP contribution in [0.5, 0.6) is 0 Å². The van der Waals surface area contributed by atoms with Crippen molar-refractivity contribution in [3.05, 3.63) is 0 Å². The minimum absolute atomic E-state index is 0.539. The number of piperidine rings is 1. The summed E-state index contributed by atoms with van der Waals surface area (Å²) in [6.07, 6.45) is 2.34. The van der Waals surface area contributed by atoms with Gasteiger partial charge in [0.05, 0.1) is 0 Å². The Morgan fingerprint density at radius 1 is 1.00 bits per heavy atom. The number of hydrogen-bond acceptors (Lipinski definition) is 4. The van der Waals surface area contributed by atoms with Gasteiger partial charge in [-0.1, -0.05) is 0 Å². The predicted octanol–water partition coefficient (Wildman–Crippen LogP) is -0.691. The topological polar surface area (TPSA) is 64.1 Å². The maximum absolute atomic E-state index is 11.3. The maximum Gasteiger partial charge on any atom is 0.394 e. The molecule has 0 aromatic carbocycles. The van der Waals surface area contributed by atoms with E-state index in [0.717, 1.165) is 26.2 Å². The summed E-state index contributed by atoms with van der Waals surface area (Å²) in [6, 6.07) is 0.600. The van der Waals surface area contributed by atoms with Gasteiger partial charge in [-0.25, -0.2) is 4.79 Å². The van der Waals surface area contributed by atoms with Crippen molar-refractivity contribution in [3.63, 3.8) is 0 Å². The van der Waals surface area contributed by atoms with Gasteiger partial charge in [0.25, 0.3) is 0 Å². The summed E-state index contributed by atoms with van der Waals surface area (Å²) in [5.74, 6) is -2.11. The Balaban J connectivity index is 1.80. The first kappa shape index (κ1) is 13.3. The van der Waals surface area contributed by atoms with Gasteiger partial charge in [0.15, 0.2) is 0 Å². The summed E-state index contributed by atoms with van der Waals surface area (Å²) >= 11 is 0. The zero-order valence-electron chi connectivity index (χ0n) is 10.8. The lowest BCUT2D eigenvalue weighted by atomic mass is 10.0. The van der Waals surface area contributed by atoms with Gasteiger partial charge >= 0.3 is 11.9 Å². The summed E-state index contributed by atoms with van der Waals surface area (Å²) in [6.45, 7) is 4.92. The van der Waals surface area contributed by atoms with Crippen LogP contribution >= 0.6 is 0 Å². The van der Waals surface area contributed by atoms with Crippen molar-refractivity contribution >= 4 is 11.9 Å². The van der Waals surface area contributed by atoms with E-state index in [0.29, 0.717) is 19.1 Å². The standard InChI is InChI=1S/C12H21N3O3/c1-13-4-2-10(3-5-13)14-6-8-15(9-7-14)11(16)12(17)18/h10H,2-9H2,1H3,(H,17,18). The molecule has 6 nitrogen and oxygen atoms in total. The van der Waals surface area contributed by atoms with Crippen LogP contribution in [0.4, 0.5) is 0 Å². The zero-order valence-corrected chi connectivity index (χ0v) is 10.8. The summed E-state index contributed by atoms with van der Waals surface area (Å²) in [5, 5.41) is 8.67. The molecule has 2 heterocycles. The van der Waals surface area contributed by atoms with E-state index in [9.17, 15) is 9.59 Å². The number of amides is 1. The number of carboxylic acids is 1. The molecule has 0 aromatic rings. The number of piperazine rings is 1. The number of rotatable bonds is 1. The van der Waals surface area contributed by atoms with Gasteiger partial charge in [0.1, 0.15) is 0 Å². The average Bonchev–Trinajstić information content (AvgIpc) is 2.39. The first-order chi connectivity index (χ1) is 8.58. The summed E-state index contributed by atoms with van der Waals surface area (Å²) in [7, 11) is 2.14. The molecule has 0 atom stereocenters. The lowest BCUT2D eigenvalue weighted by molar-refractivity contribution is -0.157. The van der Waals surface area contributed by atoms with E-state index in [2.05, 4.69) is 16.8 Å². The van der Waals surface area contributed by atoms with Crippen molar-refractivity contribution in [2.45, 2.75) is 18.9 Å². The van der Waals surface area contributed by atoms with Gasteiger partial charge in [0, 0.05) is 32.2 Å². The Morgan fingerprint density at radius 2 is 1.56 bits per heavy atom. The SMILES string of the molecule is CN1CCC(N2CCN(C(=O)C(=O)O)CC2)CC1. The van der Waals surface area contributed by atoms with Gasteiger partial charge in [0.2, 0.25) is 0 Å².